The van der Waals surface area contributed by atoms with Crippen LogP contribution in [0.25, 0.3) is 0 Å². The molecule has 1 aliphatic rings. The van der Waals surface area contributed by atoms with Crippen LogP contribution in [-0.4, -0.2) is 14.1 Å². The number of hydrogen-bond donors (Lipinski definition) is 0. The van der Waals surface area contributed by atoms with Crippen molar-refractivity contribution in [3.05, 3.63) is 29.8 Å². The fraction of sp³-hybridized carbons (Fsp3) is 0.455. The van der Waals surface area contributed by atoms with Crippen molar-refractivity contribution in [3.8, 4) is 0 Å². The van der Waals surface area contributed by atoms with Crippen molar-refractivity contribution < 1.29 is 0 Å². The van der Waals surface area contributed by atoms with Crippen LogP contribution in [0.1, 0.15) is 25.3 Å². The summed E-state index contributed by atoms with van der Waals surface area (Å²) in [4.78, 5) is 0. The van der Waals surface area contributed by atoms with Gasteiger partial charge < -0.3 is 0 Å². The first kappa shape index (κ1) is 8.36. The highest BCUT2D eigenvalue weighted by molar-refractivity contribution is 6.75. The van der Waals surface area contributed by atoms with Gasteiger partial charge >= 0.3 is 14.1 Å². The Labute approximate surface area is 79.0 Å². The lowest BCUT2D eigenvalue weighted by Crippen LogP contribution is -2.24. The lowest BCUT2D eigenvalue weighted by molar-refractivity contribution is 0.880. The third kappa shape index (κ3) is 1.22. The number of hydrogen-bond acceptors (Lipinski definition) is 0. The van der Waals surface area contributed by atoms with Crippen LogP contribution < -0.4 is 4.43 Å². The minimum absolute atomic E-state index is 0.516. The average molecular weight is 174 g/mol. The van der Waals surface area contributed by atoms with Gasteiger partial charge in [0.2, 0.25) is 0 Å². The molecule has 1 aromatic carbocycles. The Bertz CT molecular complexity index is 280. The molecule has 1 aliphatic heterocycles. The summed E-state index contributed by atoms with van der Waals surface area (Å²) in [5.41, 5.74) is 1.65. The molecule has 0 fully saturated rings. The molecule has 0 saturated carbocycles. The molecule has 0 amide bonds. The molecule has 0 aromatic heterocycles. The molecule has 1 heterocycles. The van der Waals surface area contributed by atoms with Gasteiger partial charge in [0.25, 0.3) is 0 Å². The molecule has 12 heavy (non-hydrogen) atoms. The molecule has 0 aliphatic carbocycles. The minimum atomic E-state index is -0.516. The minimum Gasteiger partial charge on any atom is -0.107 e. The lowest BCUT2D eigenvalue weighted by Gasteiger charge is -2.03. The van der Waals surface area contributed by atoms with Gasteiger partial charge in [-0.1, -0.05) is 54.2 Å². The Kier molecular flexibility index (Phi) is 2.26. The Morgan fingerprint density at radius 1 is 1.42 bits per heavy atom. The van der Waals surface area contributed by atoms with E-state index in [1.54, 1.807) is 9.99 Å². The quantitative estimate of drug-likeness (QED) is 0.574. The first-order valence-corrected chi connectivity index (χ1v) is 7.12. The van der Waals surface area contributed by atoms with Crippen LogP contribution in [0.3, 0.4) is 0 Å². The SMILES string of the molecule is C[CH2][Al]1[CH2]C(C)c2cccc[c]21. The predicted octanol–water partition coefficient (Wildman–Crippen LogP) is 2.53. The molecule has 1 aromatic rings. The van der Waals surface area contributed by atoms with Crippen LogP contribution in [0, 0.1) is 0 Å². The van der Waals surface area contributed by atoms with Gasteiger partial charge in [-0.2, -0.15) is 0 Å². The highest BCUT2D eigenvalue weighted by Crippen LogP contribution is 2.28. The fourth-order valence-electron chi connectivity index (χ4n) is 2.40. The van der Waals surface area contributed by atoms with Crippen molar-refractivity contribution in [2.24, 2.45) is 0 Å². The van der Waals surface area contributed by atoms with Crippen LogP contribution >= 0.6 is 0 Å². The molecule has 0 saturated heterocycles. The molecule has 0 nitrogen and oxygen atoms in total. The van der Waals surface area contributed by atoms with Crippen LogP contribution in [-0.2, 0) is 0 Å². The molecular weight excluding hydrogens is 159 g/mol. The summed E-state index contributed by atoms with van der Waals surface area (Å²) >= 11 is -0.516. The second-order valence-electron chi connectivity index (χ2n) is 3.87. The molecule has 1 atom stereocenters. The van der Waals surface area contributed by atoms with Gasteiger partial charge in [-0.05, 0) is 5.92 Å². The van der Waals surface area contributed by atoms with E-state index in [1.807, 2.05) is 0 Å². The van der Waals surface area contributed by atoms with E-state index < -0.39 is 14.1 Å². The summed E-state index contributed by atoms with van der Waals surface area (Å²) in [7, 11) is 0. The fourth-order valence-corrected chi connectivity index (χ4v) is 5.77. The maximum absolute atomic E-state index is 2.38. The molecular formula is C11H15Al. The number of benzene rings is 1. The van der Waals surface area contributed by atoms with Crippen molar-refractivity contribution in [3.63, 3.8) is 0 Å². The Morgan fingerprint density at radius 2 is 2.17 bits per heavy atom. The molecule has 2 rings (SSSR count). The molecule has 1 unspecified atom stereocenters. The summed E-state index contributed by atoms with van der Waals surface area (Å²) in [5, 5.41) is 2.93. The maximum Gasteiger partial charge on any atom is 0.306 e. The van der Waals surface area contributed by atoms with E-state index in [0.717, 1.165) is 5.92 Å². The average Bonchev–Trinajstić information content (AvgIpc) is 2.44. The summed E-state index contributed by atoms with van der Waals surface area (Å²) < 4.78 is 1.74. The zero-order chi connectivity index (χ0) is 8.55. The Balaban J connectivity index is 2.43. The zero-order valence-electron chi connectivity index (χ0n) is 7.88. The predicted molar refractivity (Wildman–Crippen MR) is 55.5 cm³/mol. The highest BCUT2D eigenvalue weighted by atomic mass is 27.2. The van der Waals surface area contributed by atoms with Crippen LogP contribution in [0.2, 0.25) is 10.6 Å². The van der Waals surface area contributed by atoms with Crippen molar-refractivity contribution >= 4 is 18.6 Å². The maximum atomic E-state index is 2.38. The Hall–Kier alpha value is -0.248. The van der Waals surface area contributed by atoms with Gasteiger partial charge in [0, 0.05) is 0 Å². The van der Waals surface area contributed by atoms with Crippen molar-refractivity contribution in [1.82, 2.24) is 0 Å². The Morgan fingerprint density at radius 3 is 2.92 bits per heavy atom. The van der Waals surface area contributed by atoms with E-state index in [4.69, 9.17) is 0 Å². The van der Waals surface area contributed by atoms with Crippen molar-refractivity contribution in [2.45, 2.75) is 30.3 Å². The summed E-state index contributed by atoms with van der Waals surface area (Å²) in [5.74, 6) is 0.845. The van der Waals surface area contributed by atoms with Crippen LogP contribution in [0.15, 0.2) is 24.3 Å². The largest absolute Gasteiger partial charge is 0.306 e. The molecule has 62 valence electrons. The van der Waals surface area contributed by atoms with E-state index in [0.29, 0.717) is 0 Å². The van der Waals surface area contributed by atoms with E-state index >= 15 is 0 Å². The molecule has 0 radical (unpaired) electrons. The topological polar surface area (TPSA) is 0 Å². The van der Waals surface area contributed by atoms with Crippen molar-refractivity contribution in [2.75, 3.05) is 0 Å². The first-order chi connectivity index (χ1) is 5.83. The van der Waals surface area contributed by atoms with Gasteiger partial charge in [-0.15, -0.1) is 4.43 Å². The second kappa shape index (κ2) is 3.25. The van der Waals surface area contributed by atoms with Gasteiger partial charge in [0.1, 0.15) is 0 Å². The van der Waals surface area contributed by atoms with Gasteiger partial charge in [0.05, 0.1) is 0 Å². The monoisotopic (exact) mass is 174 g/mol. The summed E-state index contributed by atoms with van der Waals surface area (Å²) in [6.07, 6.45) is 0. The number of fused-ring (bicyclic) bond motifs is 1. The zero-order valence-corrected chi connectivity index (χ0v) is 9.03. The van der Waals surface area contributed by atoms with E-state index in [1.165, 1.54) is 10.6 Å². The normalized spacial score (nSPS) is 21.2. The van der Waals surface area contributed by atoms with E-state index in [2.05, 4.69) is 38.1 Å². The number of rotatable bonds is 1. The molecule has 0 spiro atoms. The van der Waals surface area contributed by atoms with Crippen LogP contribution in [0.5, 0.6) is 0 Å². The first-order valence-electron chi connectivity index (χ1n) is 4.91. The van der Waals surface area contributed by atoms with Gasteiger partial charge in [-0.25, -0.2) is 0 Å². The van der Waals surface area contributed by atoms with Crippen LogP contribution in [0.4, 0.5) is 0 Å². The third-order valence-corrected chi connectivity index (χ3v) is 6.76. The van der Waals surface area contributed by atoms with E-state index in [-0.39, 0.29) is 0 Å². The summed E-state index contributed by atoms with van der Waals surface area (Å²) in [6.45, 7) is 4.73. The molecule has 1 heteroatoms. The lowest BCUT2D eigenvalue weighted by atomic mass is 10.0. The van der Waals surface area contributed by atoms with Gasteiger partial charge in [0.15, 0.2) is 0 Å². The second-order valence-corrected chi connectivity index (χ2v) is 7.17. The highest BCUT2D eigenvalue weighted by Gasteiger charge is 2.30. The smallest absolute Gasteiger partial charge is 0.107 e. The van der Waals surface area contributed by atoms with Gasteiger partial charge in [-0.3, -0.25) is 0 Å². The van der Waals surface area contributed by atoms with Crippen molar-refractivity contribution in [1.29, 1.82) is 0 Å². The third-order valence-electron chi connectivity index (χ3n) is 3.10. The standard InChI is InChI=1S/C9H10.C2H5.Al/c1-8(2)9-6-4-3-5-7-9;1-2;/h3-6,8H,1H2,2H3;1H2,2H3;. The summed E-state index contributed by atoms with van der Waals surface area (Å²) in [6, 6.07) is 9.07. The van der Waals surface area contributed by atoms with E-state index in [9.17, 15) is 0 Å². The molecule has 0 N–H and O–H groups in total. The molecule has 0 bridgehead atoms.